The Morgan fingerprint density at radius 2 is 2.22 bits per heavy atom. The van der Waals surface area contributed by atoms with Gasteiger partial charge in [0, 0.05) is 32.5 Å². The van der Waals surface area contributed by atoms with E-state index in [-0.39, 0.29) is 0 Å². The van der Waals surface area contributed by atoms with Crippen LogP contribution in [0.2, 0.25) is 0 Å². The van der Waals surface area contributed by atoms with Gasteiger partial charge in [-0.05, 0) is 37.9 Å². The maximum atomic E-state index is 5.86. The van der Waals surface area contributed by atoms with Crippen molar-refractivity contribution in [2.75, 3.05) is 13.6 Å². The van der Waals surface area contributed by atoms with Crippen molar-refractivity contribution in [3.8, 4) is 0 Å². The Morgan fingerprint density at radius 3 is 2.91 bits per heavy atom. The van der Waals surface area contributed by atoms with Gasteiger partial charge >= 0.3 is 0 Å². The zero-order valence-electron chi connectivity index (χ0n) is 13.5. The number of imidazole rings is 1. The molecule has 3 rings (SSSR count). The fourth-order valence-corrected chi connectivity index (χ4v) is 2.96. The van der Waals surface area contributed by atoms with E-state index in [1.807, 2.05) is 43.1 Å². The molecule has 7 nitrogen and oxygen atoms in total. The normalized spacial score (nSPS) is 11.5. The van der Waals surface area contributed by atoms with Crippen LogP contribution in [0, 0.1) is 6.92 Å². The number of furan rings is 1. The highest BCUT2D eigenvalue weighted by atomic mass is 32.2. The second-order valence-electron chi connectivity index (χ2n) is 5.45. The predicted molar refractivity (Wildman–Crippen MR) is 87.1 cm³/mol. The summed E-state index contributed by atoms with van der Waals surface area (Å²) >= 11 is 1.47. The fraction of sp³-hybridized carbons (Fsp3) is 0.400. The van der Waals surface area contributed by atoms with Crippen molar-refractivity contribution >= 4 is 11.8 Å². The van der Waals surface area contributed by atoms with Gasteiger partial charge in [-0.2, -0.15) is 0 Å². The summed E-state index contributed by atoms with van der Waals surface area (Å²) in [6, 6.07) is 3.99. The molecule has 23 heavy (non-hydrogen) atoms. The maximum Gasteiger partial charge on any atom is 0.198 e. The van der Waals surface area contributed by atoms with Gasteiger partial charge < -0.3 is 13.6 Å². The van der Waals surface area contributed by atoms with Crippen molar-refractivity contribution in [1.82, 2.24) is 29.2 Å². The second-order valence-corrected chi connectivity index (χ2v) is 6.42. The molecule has 0 aliphatic heterocycles. The zero-order valence-corrected chi connectivity index (χ0v) is 14.3. The molecule has 0 saturated carbocycles. The summed E-state index contributed by atoms with van der Waals surface area (Å²) in [5.41, 5.74) is 0. The summed E-state index contributed by atoms with van der Waals surface area (Å²) in [6.45, 7) is 4.64. The van der Waals surface area contributed by atoms with E-state index in [1.54, 1.807) is 6.33 Å². The van der Waals surface area contributed by atoms with E-state index in [9.17, 15) is 0 Å². The molecule has 0 aromatic carbocycles. The van der Waals surface area contributed by atoms with Gasteiger partial charge in [-0.25, -0.2) is 4.98 Å². The molecule has 0 spiro atoms. The maximum absolute atomic E-state index is 5.86. The highest BCUT2D eigenvalue weighted by Crippen LogP contribution is 2.27. The third-order valence-electron chi connectivity index (χ3n) is 3.57. The molecule has 0 unspecified atom stereocenters. The average molecular weight is 332 g/mol. The minimum absolute atomic E-state index is 0.771. The van der Waals surface area contributed by atoms with Crippen LogP contribution in [0.3, 0.4) is 0 Å². The summed E-state index contributed by atoms with van der Waals surface area (Å²) in [6.07, 6.45) is 5.52. The molecule has 0 aliphatic rings. The van der Waals surface area contributed by atoms with Crippen LogP contribution in [0.4, 0.5) is 0 Å². The van der Waals surface area contributed by atoms with E-state index in [4.69, 9.17) is 4.42 Å². The standard InChI is InChI=1S/C15H20N6OS/c1-12-16-6-7-21(12)9-8-19(2)10-13-4-5-14(22-13)23-15-18-17-11-20(15)3/h4-7,11H,8-10H2,1-3H3. The van der Waals surface area contributed by atoms with Gasteiger partial charge in [0.1, 0.15) is 17.9 Å². The van der Waals surface area contributed by atoms with Crippen LogP contribution in [0.1, 0.15) is 11.6 Å². The van der Waals surface area contributed by atoms with Crippen molar-refractivity contribution in [3.63, 3.8) is 0 Å². The van der Waals surface area contributed by atoms with E-state index in [2.05, 4.69) is 31.7 Å². The molecule has 8 heteroatoms. The lowest BCUT2D eigenvalue weighted by atomic mass is 10.4. The Kier molecular flexibility index (Phi) is 4.82. The quantitative estimate of drug-likeness (QED) is 0.661. The van der Waals surface area contributed by atoms with Gasteiger partial charge in [0.05, 0.1) is 6.54 Å². The lowest BCUT2D eigenvalue weighted by molar-refractivity contribution is 0.273. The lowest BCUT2D eigenvalue weighted by Gasteiger charge is -2.15. The molecular formula is C15H20N6OS. The number of hydrogen-bond acceptors (Lipinski definition) is 6. The van der Waals surface area contributed by atoms with Crippen LogP contribution in [0.5, 0.6) is 0 Å². The van der Waals surface area contributed by atoms with Crippen molar-refractivity contribution in [3.05, 3.63) is 42.4 Å². The van der Waals surface area contributed by atoms with Crippen LogP contribution >= 0.6 is 11.8 Å². The smallest absolute Gasteiger partial charge is 0.198 e. The highest BCUT2D eigenvalue weighted by molar-refractivity contribution is 7.99. The highest BCUT2D eigenvalue weighted by Gasteiger charge is 2.10. The molecule has 0 N–H and O–H groups in total. The van der Waals surface area contributed by atoms with Crippen molar-refractivity contribution < 1.29 is 4.42 Å². The zero-order chi connectivity index (χ0) is 16.2. The molecule has 3 aromatic rings. The van der Waals surface area contributed by atoms with E-state index in [1.165, 1.54) is 11.8 Å². The van der Waals surface area contributed by atoms with Gasteiger partial charge in [-0.3, -0.25) is 4.90 Å². The third-order valence-corrected chi connectivity index (χ3v) is 4.54. The van der Waals surface area contributed by atoms with Gasteiger partial charge in [0.2, 0.25) is 0 Å². The van der Waals surface area contributed by atoms with E-state index < -0.39 is 0 Å². The van der Waals surface area contributed by atoms with Crippen LogP contribution < -0.4 is 0 Å². The molecule has 0 fully saturated rings. The Morgan fingerprint density at radius 1 is 1.35 bits per heavy atom. The topological polar surface area (TPSA) is 64.9 Å². The number of aromatic nitrogens is 5. The van der Waals surface area contributed by atoms with Crippen LogP contribution in [-0.4, -0.2) is 42.8 Å². The molecular weight excluding hydrogens is 312 g/mol. The van der Waals surface area contributed by atoms with E-state index in [0.29, 0.717) is 0 Å². The number of rotatable bonds is 7. The van der Waals surface area contributed by atoms with E-state index >= 15 is 0 Å². The van der Waals surface area contributed by atoms with Crippen molar-refractivity contribution in [2.45, 2.75) is 30.3 Å². The minimum atomic E-state index is 0.771. The first kappa shape index (κ1) is 15.8. The van der Waals surface area contributed by atoms with Crippen LogP contribution in [0.15, 0.2) is 45.5 Å². The summed E-state index contributed by atoms with van der Waals surface area (Å²) < 4.78 is 9.88. The third kappa shape index (κ3) is 4.02. The van der Waals surface area contributed by atoms with Gasteiger partial charge in [0.25, 0.3) is 0 Å². The monoisotopic (exact) mass is 332 g/mol. The summed E-state index contributed by atoms with van der Waals surface area (Å²) in [4.78, 5) is 6.47. The Hall–Kier alpha value is -2.06. The first-order valence-corrected chi connectivity index (χ1v) is 8.20. The number of likely N-dealkylation sites (N-methyl/N-ethyl adjacent to an activating group) is 1. The Labute approximate surface area is 139 Å². The largest absolute Gasteiger partial charge is 0.453 e. The number of aryl methyl sites for hydroxylation is 2. The van der Waals surface area contributed by atoms with Gasteiger partial charge in [-0.1, -0.05) is 0 Å². The van der Waals surface area contributed by atoms with Crippen molar-refractivity contribution in [2.24, 2.45) is 7.05 Å². The molecule has 0 aliphatic carbocycles. The average Bonchev–Trinajstić information content (AvgIpc) is 3.22. The SMILES string of the molecule is Cc1nccn1CCN(C)Cc1ccc(Sc2nncn2C)o1. The predicted octanol–water partition coefficient (Wildman–Crippen LogP) is 2.20. The molecule has 0 amide bonds. The Balaban J connectivity index is 1.52. The second kappa shape index (κ2) is 7.01. The molecule has 0 saturated heterocycles. The Bertz CT molecular complexity index is 761. The molecule has 0 bridgehead atoms. The van der Waals surface area contributed by atoms with Gasteiger partial charge in [0.15, 0.2) is 10.2 Å². The summed E-state index contributed by atoms with van der Waals surface area (Å²) in [7, 11) is 4.00. The van der Waals surface area contributed by atoms with Crippen LogP contribution in [-0.2, 0) is 20.1 Å². The number of nitrogens with zero attached hydrogens (tertiary/aromatic N) is 6. The summed E-state index contributed by atoms with van der Waals surface area (Å²) in [5, 5.41) is 9.55. The van der Waals surface area contributed by atoms with E-state index in [0.717, 1.165) is 41.5 Å². The lowest BCUT2D eigenvalue weighted by Crippen LogP contribution is -2.22. The fourth-order valence-electron chi connectivity index (χ4n) is 2.22. The van der Waals surface area contributed by atoms with Crippen LogP contribution in [0.25, 0.3) is 0 Å². The molecule has 122 valence electrons. The summed E-state index contributed by atoms with van der Waals surface area (Å²) in [5.74, 6) is 1.98. The minimum Gasteiger partial charge on any atom is -0.453 e. The molecule has 0 atom stereocenters. The van der Waals surface area contributed by atoms with Gasteiger partial charge in [-0.15, -0.1) is 10.2 Å². The molecule has 3 heterocycles. The molecule has 0 radical (unpaired) electrons. The number of hydrogen-bond donors (Lipinski definition) is 0. The molecule has 3 aromatic heterocycles. The first-order valence-electron chi connectivity index (χ1n) is 7.38. The first-order chi connectivity index (χ1) is 11.1. The van der Waals surface area contributed by atoms with Crippen molar-refractivity contribution in [1.29, 1.82) is 0 Å².